The fraction of sp³-hybridized carbons (Fsp3) is 0.429. The number of benzene rings is 1. The van der Waals surface area contributed by atoms with Gasteiger partial charge in [-0.1, -0.05) is 12.8 Å². The van der Waals surface area contributed by atoms with Gasteiger partial charge in [-0.3, -0.25) is 0 Å². The Kier molecular flexibility index (Phi) is 4.68. The van der Waals surface area contributed by atoms with Crippen LogP contribution in [0.15, 0.2) is 18.2 Å². The van der Waals surface area contributed by atoms with Crippen LogP contribution in [0.2, 0.25) is 0 Å². The zero-order valence-corrected chi connectivity index (χ0v) is 16.9. The molecule has 1 aromatic carbocycles. The number of fused-ring (bicyclic) bond motifs is 1. The summed E-state index contributed by atoms with van der Waals surface area (Å²) in [4.78, 5) is 17.3. The lowest BCUT2D eigenvalue weighted by molar-refractivity contribution is 0.0531. The van der Waals surface area contributed by atoms with Gasteiger partial charge >= 0.3 is 5.97 Å². The van der Waals surface area contributed by atoms with Crippen LogP contribution < -0.4 is 5.73 Å². The van der Waals surface area contributed by atoms with Crippen molar-refractivity contribution in [3.63, 3.8) is 0 Å². The summed E-state index contributed by atoms with van der Waals surface area (Å²) >= 11 is 1.38. The molecule has 0 atom stereocenters. The van der Waals surface area contributed by atoms with E-state index in [1.54, 1.807) is 0 Å². The van der Waals surface area contributed by atoms with Gasteiger partial charge in [-0.05, 0) is 51.8 Å². The first-order valence-corrected chi connectivity index (χ1v) is 10.4. The SMILES string of the molecule is CCOC(=O)c1sc(-c2ccc3c(c2)c(N)c(C)n3C2CCCC2)nc1C. The van der Waals surface area contributed by atoms with Crippen LogP contribution >= 0.6 is 11.3 Å². The molecule has 0 aliphatic heterocycles. The lowest BCUT2D eigenvalue weighted by Gasteiger charge is -2.16. The molecule has 2 aromatic heterocycles. The Hall–Kier alpha value is -2.34. The van der Waals surface area contributed by atoms with Crippen LogP contribution in [0.25, 0.3) is 21.5 Å². The number of rotatable bonds is 4. The summed E-state index contributed by atoms with van der Waals surface area (Å²) in [5.74, 6) is -0.303. The molecular weight excluding hydrogens is 358 g/mol. The molecule has 1 aliphatic carbocycles. The number of carbonyl (C=O) groups is 1. The monoisotopic (exact) mass is 383 g/mol. The number of nitrogen functional groups attached to an aromatic ring is 1. The molecule has 142 valence electrons. The first-order valence-electron chi connectivity index (χ1n) is 9.56. The number of carbonyl (C=O) groups excluding carboxylic acids is 1. The molecule has 0 radical (unpaired) electrons. The van der Waals surface area contributed by atoms with E-state index in [2.05, 4.69) is 34.7 Å². The van der Waals surface area contributed by atoms with Crippen LogP contribution in [0.5, 0.6) is 0 Å². The molecule has 0 amide bonds. The highest BCUT2D eigenvalue weighted by atomic mass is 32.1. The number of esters is 1. The first-order chi connectivity index (χ1) is 13.0. The zero-order valence-electron chi connectivity index (χ0n) is 16.0. The summed E-state index contributed by atoms with van der Waals surface area (Å²) in [6, 6.07) is 6.89. The summed E-state index contributed by atoms with van der Waals surface area (Å²) in [7, 11) is 0. The third kappa shape index (κ3) is 3.02. The van der Waals surface area contributed by atoms with E-state index in [0.29, 0.717) is 23.2 Å². The molecule has 27 heavy (non-hydrogen) atoms. The molecule has 1 aliphatic rings. The highest BCUT2D eigenvalue weighted by Gasteiger charge is 2.23. The van der Waals surface area contributed by atoms with Crippen LogP contribution in [-0.2, 0) is 4.74 Å². The summed E-state index contributed by atoms with van der Waals surface area (Å²) in [5, 5.41) is 1.89. The van der Waals surface area contributed by atoms with Crippen molar-refractivity contribution < 1.29 is 9.53 Å². The van der Waals surface area contributed by atoms with Gasteiger partial charge in [0.2, 0.25) is 0 Å². The van der Waals surface area contributed by atoms with Crippen LogP contribution in [-0.4, -0.2) is 22.1 Å². The molecule has 2 heterocycles. The number of ether oxygens (including phenoxy) is 1. The second-order valence-corrected chi connectivity index (χ2v) is 8.19. The van der Waals surface area contributed by atoms with Gasteiger partial charge < -0.3 is 15.0 Å². The van der Waals surface area contributed by atoms with Gasteiger partial charge in [-0.15, -0.1) is 11.3 Å². The number of hydrogen-bond acceptors (Lipinski definition) is 5. The largest absolute Gasteiger partial charge is 0.462 e. The fourth-order valence-electron chi connectivity index (χ4n) is 4.14. The van der Waals surface area contributed by atoms with Gasteiger partial charge in [0, 0.05) is 22.7 Å². The topological polar surface area (TPSA) is 70.1 Å². The van der Waals surface area contributed by atoms with E-state index >= 15 is 0 Å². The van der Waals surface area contributed by atoms with E-state index in [1.165, 1.54) is 42.5 Å². The van der Waals surface area contributed by atoms with Crippen molar-refractivity contribution in [2.75, 3.05) is 12.3 Å². The van der Waals surface area contributed by atoms with E-state index in [4.69, 9.17) is 10.5 Å². The Bertz CT molecular complexity index is 1010. The predicted molar refractivity (Wildman–Crippen MR) is 110 cm³/mol. The standard InChI is InChI=1S/C21H25N3O2S/c1-4-26-21(25)19-12(2)23-20(27-19)14-9-10-17-16(11-14)18(22)13(3)24(17)15-7-5-6-8-15/h9-11,15H,4-8,22H2,1-3H3. The van der Waals surface area contributed by atoms with Crippen LogP contribution in [0.3, 0.4) is 0 Å². The van der Waals surface area contributed by atoms with Crippen LogP contribution in [0.4, 0.5) is 5.69 Å². The Morgan fingerprint density at radius 1 is 1.33 bits per heavy atom. The molecule has 1 fully saturated rings. The van der Waals surface area contributed by atoms with Crippen molar-refractivity contribution in [1.29, 1.82) is 0 Å². The van der Waals surface area contributed by atoms with Crippen molar-refractivity contribution in [3.8, 4) is 10.6 Å². The van der Waals surface area contributed by atoms with Crippen molar-refractivity contribution in [2.45, 2.75) is 52.5 Å². The quantitative estimate of drug-likeness (QED) is 0.624. The molecule has 4 rings (SSSR count). The van der Waals surface area contributed by atoms with Crippen molar-refractivity contribution in [2.24, 2.45) is 0 Å². The van der Waals surface area contributed by atoms with E-state index in [1.807, 2.05) is 13.8 Å². The molecule has 0 spiro atoms. The fourth-order valence-corrected chi connectivity index (χ4v) is 5.10. The van der Waals surface area contributed by atoms with Crippen molar-refractivity contribution in [3.05, 3.63) is 34.5 Å². The third-order valence-corrected chi connectivity index (χ3v) is 6.68. The Labute approximate surface area is 163 Å². The summed E-state index contributed by atoms with van der Waals surface area (Å²) < 4.78 is 7.55. The molecule has 0 bridgehead atoms. The molecule has 0 unspecified atom stereocenters. The number of nitrogens with two attached hydrogens (primary N) is 1. The Balaban J connectivity index is 1.77. The van der Waals surface area contributed by atoms with Crippen LogP contribution in [0, 0.1) is 13.8 Å². The lowest BCUT2D eigenvalue weighted by Crippen LogP contribution is -2.06. The van der Waals surface area contributed by atoms with E-state index < -0.39 is 0 Å². The van der Waals surface area contributed by atoms with Gasteiger partial charge in [0.1, 0.15) is 9.88 Å². The number of aromatic nitrogens is 2. The highest BCUT2D eigenvalue weighted by molar-refractivity contribution is 7.17. The molecular formula is C21H25N3O2S. The van der Waals surface area contributed by atoms with E-state index in [9.17, 15) is 4.79 Å². The zero-order chi connectivity index (χ0) is 19.1. The lowest BCUT2D eigenvalue weighted by atomic mass is 10.1. The molecule has 5 nitrogen and oxygen atoms in total. The van der Waals surface area contributed by atoms with Gasteiger partial charge in [0.25, 0.3) is 0 Å². The summed E-state index contributed by atoms with van der Waals surface area (Å²) in [6.45, 7) is 6.13. The minimum absolute atomic E-state index is 0.303. The van der Waals surface area contributed by atoms with Gasteiger partial charge in [-0.2, -0.15) is 0 Å². The highest BCUT2D eigenvalue weighted by Crippen LogP contribution is 2.40. The third-order valence-electron chi connectivity index (χ3n) is 5.49. The average molecular weight is 384 g/mol. The number of nitrogens with zero attached hydrogens (tertiary/aromatic N) is 2. The Morgan fingerprint density at radius 2 is 2.07 bits per heavy atom. The molecule has 1 saturated carbocycles. The molecule has 3 aromatic rings. The Morgan fingerprint density at radius 3 is 2.78 bits per heavy atom. The van der Waals surface area contributed by atoms with Crippen molar-refractivity contribution >= 4 is 33.9 Å². The number of anilines is 1. The number of thiazole rings is 1. The number of hydrogen-bond donors (Lipinski definition) is 1. The van der Waals surface area contributed by atoms with Gasteiger partial charge in [0.15, 0.2) is 0 Å². The second-order valence-electron chi connectivity index (χ2n) is 7.19. The molecule has 6 heteroatoms. The molecule has 0 saturated heterocycles. The summed E-state index contributed by atoms with van der Waals surface area (Å²) in [6.07, 6.45) is 5.02. The average Bonchev–Trinajstić information content (AvgIpc) is 3.36. The maximum absolute atomic E-state index is 12.1. The maximum Gasteiger partial charge on any atom is 0.350 e. The van der Waals surface area contributed by atoms with E-state index in [0.717, 1.165) is 27.3 Å². The number of aryl methyl sites for hydroxylation is 1. The predicted octanol–water partition coefficient (Wildman–Crippen LogP) is 5.26. The molecule has 2 N–H and O–H groups in total. The van der Waals surface area contributed by atoms with Crippen molar-refractivity contribution in [1.82, 2.24) is 9.55 Å². The minimum Gasteiger partial charge on any atom is -0.462 e. The second kappa shape index (κ2) is 7.00. The van der Waals surface area contributed by atoms with Crippen LogP contribution in [0.1, 0.15) is 59.7 Å². The van der Waals surface area contributed by atoms with E-state index in [-0.39, 0.29) is 5.97 Å². The first kappa shape index (κ1) is 18.0. The smallest absolute Gasteiger partial charge is 0.350 e. The minimum atomic E-state index is -0.303. The normalized spacial score (nSPS) is 14.9. The maximum atomic E-state index is 12.1. The van der Waals surface area contributed by atoms with Gasteiger partial charge in [-0.25, -0.2) is 9.78 Å². The van der Waals surface area contributed by atoms with Gasteiger partial charge in [0.05, 0.1) is 23.5 Å². The summed E-state index contributed by atoms with van der Waals surface area (Å²) in [5.41, 5.74) is 11.4.